The summed E-state index contributed by atoms with van der Waals surface area (Å²) < 4.78 is 7.05. The maximum absolute atomic E-state index is 12.4. The molecule has 142 valence electrons. The number of amides is 1. The molecule has 0 spiro atoms. The number of thioether (sulfide) groups is 1. The number of carbonyl (C=O) groups excluding carboxylic acids is 2. The van der Waals surface area contributed by atoms with Gasteiger partial charge in [0, 0.05) is 10.9 Å². The van der Waals surface area contributed by atoms with Crippen molar-refractivity contribution in [1.82, 2.24) is 14.8 Å². The SMILES string of the molecule is CCOC(=O)c1c(NC(=O)CSc2nncn2C(C)C)sc(CC)c1C. The van der Waals surface area contributed by atoms with Gasteiger partial charge in [-0.05, 0) is 39.7 Å². The van der Waals surface area contributed by atoms with E-state index in [1.807, 2.05) is 32.3 Å². The van der Waals surface area contributed by atoms with E-state index in [-0.39, 0.29) is 17.7 Å². The zero-order valence-corrected chi connectivity index (χ0v) is 17.3. The molecule has 0 aliphatic rings. The summed E-state index contributed by atoms with van der Waals surface area (Å²) in [6.45, 7) is 10.0. The topological polar surface area (TPSA) is 86.1 Å². The third-order valence-corrected chi connectivity index (χ3v) is 6.04. The Hall–Kier alpha value is -1.87. The lowest BCUT2D eigenvalue weighted by molar-refractivity contribution is -0.113. The van der Waals surface area contributed by atoms with Crippen molar-refractivity contribution in [2.45, 2.75) is 52.2 Å². The van der Waals surface area contributed by atoms with E-state index in [4.69, 9.17) is 4.74 Å². The number of aryl methyl sites for hydroxylation is 1. The summed E-state index contributed by atoms with van der Waals surface area (Å²) >= 11 is 2.74. The van der Waals surface area contributed by atoms with Crippen molar-refractivity contribution in [3.05, 3.63) is 22.3 Å². The van der Waals surface area contributed by atoms with Gasteiger partial charge in [0.05, 0.1) is 17.9 Å². The summed E-state index contributed by atoms with van der Waals surface area (Å²) in [6, 6.07) is 0.220. The van der Waals surface area contributed by atoms with E-state index < -0.39 is 5.97 Å². The number of esters is 1. The summed E-state index contributed by atoms with van der Waals surface area (Å²) in [6.07, 6.45) is 2.45. The highest BCUT2D eigenvalue weighted by atomic mass is 32.2. The molecule has 26 heavy (non-hydrogen) atoms. The zero-order valence-electron chi connectivity index (χ0n) is 15.7. The monoisotopic (exact) mass is 396 g/mol. The third-order valence-electron chi connectivity index (χ3n) is 3.73. The second-order valence-electron chi connectivity index (χ2n) is 5.88. The Morgan fingerprint density at radius 2 is 2.12 bits per heavy atom. The van der Waals surface area contributed by atoms with E-state index in [9.17, 15) is 9.59 Å². The number of hydrogen-bond acceptors (Lipinski definition) is 7. The van der Waals surface area contributed by atoms with E-state index >= 15 is 0 Å². The molecule has 7 nitrogen and oxygen atoms in total. The van der Waals surface area contributed by atoms with Crippen LogP contribution >= 0.6 is 23.1 Å². The molecular formula is C17H24N4O3S2. The lowest BCUT2D eigenvalue weighted by atomic mass is 10.1. The molecule has 2 aromatic rings. The Kier molecular flexibility index (Phi) is 7.22. The van der Waals surface area contributed by atoms with Gasteiger partial charge in [-0.3, -0.25) is 4.79 Å². The van der Waals surface area contributed by atoms with Crippen LogP contribution in [0.3, 0.4) is 0 Å². The fourth-order valence-corrected chi connectivity index (χ4v) is 4.41. The molecule has 0 saturated heterocycles. The minimum atomic E-state index is -0.400. The second kappa shape index (κ2) is 9.18. The van der Waals surface area contributed by atoms with E-state index in [1.165, 1.54) is 23.1 Å². The molecule has 0 atom stereocenters. The fraction of sp³-hybridized carbons (Fsp3) is 0.529. The van der Waals surface area contributed by atoms with Crippen molar-refractivity contribution in [1.29, 1.82) is 0 Å². The first kappa shape index (κ1) is 20.4. The van der Waals surface area contributed by atoms with Crippen molar-refractivity contribution < 1.29 is 14.3 Å². The smallest absolute Gasteiger partial charge is 0.341 e. The largest absolute Gasteiger partial charge is 0.462 e. The predicted molar refractivity (Wildman–Crippen MR) is 104 cm³/mol. The molecule has 0 unspecified atom stereocenters. The summed E-state index contributed by atoms with van der Waals surface area (Å²) in [7, 11) is 0. The van der Waals surface area contributed by atoms with Crippen LogP contribution in [-0.2, 0) is 16.0 Å². The summed E-state index contributed by atoms with van der Waals surface area (Å²) in [5.74, 6) is -0.405. The number of carbonyl (C=O) groups is 2. The number of hydrogen-bond donors (Lipinski definition) is 1. The summed E-state index contributed by atoms with van der Waals surface area (Å²) in [5.41, 5.74) is 1.33. The van der Waals surface area contributed by atoms with Gasteiger partial charge in [0.2, 0.25) is 5.91 Å². The van der Waals surface area contributed by atoms with Crippen LogP contribution in [0.1, 0.15) is 54.5 Å². The van der Waals surface area contributed by atoms with Crippen LogP contribution < -0.4 is 5.32 Å². The zero-order chi connectivity index (χ0) is 19.3. The van der Waals surface area contributed by atoms with Crippen LogP contribution in [0.4, 0.5) is 5.00 Å². The average Bonchev–Trinajstić information content (AvgIpc) is 3.17. The van der Waals surface area contributed by atoms with Gasteiger partial charge in [-0.1, -0.05) is 18.7 Å². The second-order valence-corrected chi connectivity index (χ2v) is 7.93. The first-order chi connectivity index (χ1) is 12.4. The predicted octanol–water partition coefficient (Wildman–Crippen LogP) is 3.70. The number of aromatic nitrogens is 3. The maximum atomic E-state index is 12.4. The van der Waals surface area contributed by atoms with Crippen LogP contribution in [0.2, 0.25) is 0 Å². The molecule has 1 amide bonds. The van der Waals surface area contributed by atoms with Gasteiger partial charge in [0.25, 0.3) is 0 Å². The number of nitrogens with zero attached hydrogens (tertiary/aromatic N) is 3. The highest BCUT2D eigenvalue weighted by Crippen LogP contribution is 2.34. The highest BCUT2D eigenvalue weighted by Gasteiger charge is 2.23. The van der Waals surface area contributed by atoms with Gasteiger partial charge in [-0.2, -0.15) is 0 Å². The Morgan fingerprint density at radius 1 is 1.38 bits per heavy atom. The lowest BCUT2D eigenvalue weighted by Crippen LogP contribution is -2.17. The molecule has 0 aromatic carbocycles. The quantitative estimate of drug-likeness (QED) is 0.541. The first-order valence-corrected chi connectivity index (χ1v) is 10.3. The Balaban J connectivity index is 2.11. The van der Waals surface area contributed by atoms with E-state index in [0.29, 0.717) is 22.3 Å². The molecule has 2 heterocycles. The maximum Gasteiger partial charge on any atom is 0.341 e. The minimum absolute atomic E-state index is 0.187. The van der Waals surface area contributed by atoms with Crippen LogP contribution in [0.5, 0.6) is 0 Å². The standard InChI is InChI=1S/C17H24N4O3S2/c1-6-12-11(5)14(16(23)24-7-2)15(26-12)19-13(22)8-25-17-20-18-9-21(17)10(3)4/h9-10H,6-8H2,1-5H3,(H,19,22). The number of thiophene rings is 1. The molecule has 0 saturated carbocycles. The van der Waals surface area contributed by atoms with Crippen molar-refractivity contribution in [3.8, 4) is 0 Å². The van der Waals surface area contributed by atoms with Gasteiger partial charge in [0.15, 0.2) is 5.16 Å². The number of anilines is 1. The molecule has 9 heteroatoms. The Labute approximate surface area is 161 Å². The van der Waals surface area contributed by atoms with Crippen LogP contribution in [0, 0.1) is 6.92 Å². The molecule has 0 radical (unpaired) electrons. The van der Waals surface area contributed by atoms with E-state index in [2.05, 4.69) is 15.5 Å². The molecule has 2 aromatic heterocycles. The molecule has 2 rings (SSSR count). The van der Waals surface area contributed by atoms with Gasteiger partial charge in [-0.15, -0.1) is 21.5 Å². The molecular weight excluding hydrogens is 372 g/mol. The van der Waals surface area contributed by atoms with Gasteiger partial charge in [-0.25, -0.2) is 4.79 Å². The van der Waals surface area contributed by atoms with E-state index in [0.717, 1.165) is 16.9 Å². The highest BCUT2D eigenvalue weighted by molar-refractivity contribution is 7.99. The summed E-state index contributed by atoms with van der Waals surface area (Å²) in [5, 5.41) is 12.0. The van der Waals surface area contributed by atoms with Crippen molar-refractivity contribution in [2.75, 3.05) is 17.7 Å². The molecule has 0 bridgehead atoms. The molecule has 1 N–H and O–H groups in total. The Morgan fingerprint density at radius 3 is 2.73 bits per heavy atom. The van der Waals surface area contributed by atoms with Crippen molar-refractivity contribution >= 4 is 40.0 Å². The Bertz CT molecular complexity index is 783. The normalized spacial score (nSPS) is 11.0. The van der Waals surface area contributed by atoms with Crippen LogP contribution in [0.15, 0.2) is 11.5 Å². The minimum Gasteiger partial charge on any atom is -0.462 e. The number of nitrogens with one attached hydrogen (secondary N) is 1. The third kappa shape index (κ3) is 4.64. The number of ether oxygens (including phenoxy) is 1. The summed E-state index contributed by atoms with van der Waals surface area (Å²) in [4.78, 5) is 25.7. The van der Waals surface area contributed by atoms with Crippen molar-refractivity contribution in [3.63, 3.8) is 0 Å². The van der Waals surface area contributed by atoms with Gasteiger partial charge >= 0.3 is 5.97 Å². The van der Waals surface area contributed by atoms with Crippen LogP contribution in [-0.4, -0.2) is 39.0 Å². The van der Waals surface area contributed by atoms with Gasteiger partial charge in [0.1, 0.15) is 11.3 Å². The first-order valence-electron chi connectivity index (χ1n) is 8.50. The molecule has 0 aliphatic carbocycles. The lowest BCUT2D eigenvalue weighted by Gasteiger charge is -2.09. The number of rotatable bonds is 8. The average molecular weight is 397 g/mol. The van der Waals surface area contributed by atoms with Crippen molar-refractivity contribution in [2.24, 2.45) is 0 Å². The van der Waals surface area contributed by atoms with E-state index in [1.54, 1.807) is 13.3 Å². The fourth-order valence-electron chi connectivity index (χ4n) is 2.42. The van der Waals surface area contributed by atoms with Gasteiger partial charge < -0.3 is 14.6 Å². The molecule has 0 fully saturated rings. The molecule has 0 aliphatic heterocycles. The van der Waals surface area contributed by atoms with Crippen LogP contribution in [0.25, 0.3) is 0 Å².